The van der Waals surface area contributed by atoms with Gasteiger partial charge >= 0.3 is 12.1 Å². The van der Waals surface area contributed by atoms with E-state index in [1.165, 1.54) is 0 Å². The summed E-state index contributed by atoms with van der Waals surface area (Å²) in [6, 6.07) is 31.5. The van der Waals surface area contributed by atoms with Gasteiger partial charge in [0.15, 0.2) is 0 Å². The van der Waals surface area contributed by atoms with Crippen molar-refractivity contribution in [2.45, 2.75) is 58.0 Å². The topological polar surface area (TPSA) is 149 Å². The molecule has 1 heterocycles. The zero-order valence-electron chi connectivity index (χ0n) is 28.3. The van der Waals surface area contributed by atoms with Gasteiger partial charge in [0.2, 0.25) is 11.8 Å². The molecule has 5 N–H and O–H groups in total. The number of aliphatic hydroxyl groups excluding tert-OH is 1. The molecule has 1 aliphatic rings. The Kier molecular flexibility index (Phi) is 11.8. The minimum absolute atomic E-state index is 0.0637. The molecule has 4 aromatic rings. The smallest absolute Gasteiger partial charge is 0.408 e. The summed E-state index contributed by atoms with van der Waals surface area (Å²) in [4.78, 5) is 53.9. The number of carbonyl (C=O) groups excluding carboxylic acids is 4. The van der Waals surface area contributed by atoms with Gasteiger partial charge in [0.1, 0.15) is 18.2 Å². The van der Waals surface area contributed by atoms with Crippen LogP contribution in [0.15, 0.2) is 103 Å². The standard InChI is InChI=1S/C39H43N5O6/c1-39(2,43-38(49)50-26-28-10-4-3-5-11-28)36(47)42-33-21-20-30-12-7-9-15-34(30)44(35(33)46)25-27-16-18-29(19-17-27)32-14-8-6-13-31(32)24-41-37(48)40-22-23-45/h3-19,33,45H,20-26H2,1-2H3,(H,42,47)(H,43,49)(H2,40,41,48)/t33-/m1/s1. The highest BCUT2D eigenvalue weighted by Gasteiger charge is 2.36. The molecule has 11 heteroatoms. The molecule has 11 nitrogen and oxygen atoms in total. The number of nitrogens with one attached hydrogen (secondary N) is 4. The van der Waals surface area contributed by atoms with Crippen LogP contribution in [0.2, 0.25) is 0 Å². The number of benzene rings is 4. The SMILES string of the molecule is CC(C)(NC(=O)OCc1ccccc1)C(=O)N[C@@H]1CCc2ccccc2N(Cc2ccc(-c3ccccc3CNC(=O)NCCO)cc2)C1=O. The molecule has 0 bridgehead atoms. The molecule has 1 aliphatic heterocycles. The minimum Gasteiger partial charge on any atom is -0.445 e. The maximum absolute atomic E-state index is 14.1. The van der Waals surface area contributed by atoms with Crippen LogP contribution in [0, 0.1) is 0 Å². The first kappa shape index (κ1) is 35.6. The summed E-state index contributed by atoms with van der Waals surface area (Å²) in [7, 11) is 0. The molecule has 0 aromatic heterocycles. The molecule has 4 aromatic carbocycles. The van der Waals surface area contributed by atoms with Gasteiger partial charge in [0.25, 0.3) is 0 Å². The number of hydrogen-bond donors (Lipinski definition) is 5. The summed E-state index contributed by atoms with van der Waals surface area (Å²) in [6.07, 6.45) is 0.244. The zero-order valence-corrected chi connectivity index (χ0v) is 28.3. The molecule has 0 spiro atoms. The van der Waals surface area contributed by atoms with Crippen molar-refractivity contribution in [1.82, 2.24) is 21.3 Å². The van der Waals surface area contributed by atoms with E-state index in [2.05, 4.69) is 21.3 Å². The number of hydrogen-bond acceptors (Lipinski definition) is 6. The van der Waals surface area contributed by atoms with Crippen molar-refractivity contribution in [3.63, 3.8) is 0 Å². The summed E-state index contributed by atoms with van der Waals surface area (Å²) in [5, 5.41) is 19.9. The second-order valence-electron chi connectivity index (χ2n) is 12.6. The van der Waals surface area contributed by atoms with E-state index >= 15 is 0 Å². The molecular formula is C39H43N5O6. The van der Waals surface area contributed by atoms with Gasteiger partial charge in [-0.2, -0.15) is 0 Å². The Bertz CT molecular complexity index is 1790. The fraction of sp³-hybridized carbons (Fsp3) is 0.282. The monoisotopic (exact) mass is 677 g/mol. The Morgan fingerprint density at radius 2 is 1.56 bits per heavy atom. The van der Waals surface area contributed by atoms with Crippen molar-refractivity contribution in [2.75, 3.05) is 18.1 Å². The number of para-hydroxylation sites is 1. The summed E-state index contributed by atoms with van der Waals surface area (Å²) in [6.45, 7) is 3.83. The van der Waals surface area contributed by atoms with Crippen LogP contribution in [0.1, 0.15) is 42.5 Å². The van der Waals surface area contributed by atoms with Crippen LogP contribution in [0.5, 0.6) is 0 Å². The number of aryl methyl sites for hydroxylation is 1. The molecule has 0 radical (unpaired) electrons. The molecule has 5 rings (SSSR count). The lowest BCUT2D eigenvalue weighted by Gasteiger charge is -2.30. The summed E-state index contributed by atoms with van der Waals surface area (Å²) >= 11 is 0. The van der Waals surface area contributed by atoms with Gasteiger partial charge in [-0.25, -0.2) is 9.59 Å². The molecule has 260 valence electrons. The Balaban J connectivity index is 1.27. The number of aliphatic hydroxyl groups is 1. The van der Waals surface area contributed by atoms with E-state index in [0.717, 1.165) is 39.1 Å². The van der Waals surface area contributed by atoms with Crippen molar-refractivity contribution < 1.29 is 29.0 Å². The minimum atomic E-state index is -1.34. The van der Waals surface area contributed by atoms with Crippen LogP contribution in [-0.2, 0) is 40.4 Å². The maximum Gasteiger partial charge on any atom is 0.408 e. The molecule has 0 saturated heterocycles. The predicted molar refractivity (Wildman–Crippen MR) is 191 cm³/mol. The zero-order chi connectivity index (χ0) is 35.5. The number of carbonyl (C=O) groups is 4. The Morgan fingerprint density at radius 1 is 0.860 bits per heavy atom. The highest BCUT2D eigenvalue weighted by atomic mass is 16.5. The maximum atomic E-state index is 14.1. The van der Waals surface area contributed by atoms with E-state index in [4.69, 9.17) is 9.84 Å². The highest BCUT2D eigenvalue weighted by molar-refractivity contribution is 6.01. The van der Waals surface area contributed by atoms with Gasteiger partial charge in [-0.05, 0) is 66.1 Å². The van der Waals surface area contributed by atoms with E-state index in [0.29, 0.717) is 19.4 Å². The Labute approximate surface area is 292 Å². The summed E-state index contributed by atoms with van der Waals surface area (Å²) in [5.41, 5.74) is 5.00. The van der Waals surface area contributed by atoms with Crippen LogP contribution < -0.4 is 26.2 Å². The lowest BCUT2D eigenvalue weighted by molar-refractivity contribution is -0.131. The fourth-order valence-corrected chi connectivity index (χ4v) is 5.76. The lowest BCUT2D eigenvalue weighted by atomic mass is 9.98. The number of rotatable bonds is 12. The third-order valence-electron chi connectivity index (χ3n) is 8.51. The van der Waals surface area contributed by atoms with Crippen molar-refractivity contribution in [3.8, 4) is 11.1 Å². The number of alkyl carbamates (subject to hydrolysis) is 1. The highest BCUT2D eigenvalue weighted by Crippen LogP contribution is 2.30. The van der Waals surface area contributed by atoms with Crippen molar-refractivity contribution in [2.24, 2.45) is 0 Å². The normalized spacial score (nSPS) is 14.2. The van der Waals surface area contributed by atoms with E-state index in [9.17, 15) is 19.2 Å². The lowest BCUT2D eigenvalue weighted by Crippen LogP contribution is -2.59. The van der Waals surface area contributed by atoms with Crippen LogP contribution in [0.4, 0.5) is 15.3 Å². The Hall–Kier alpha value is -5.68. The fourth-order valence-electron chi connectivity index (χ4n) is 5.76. The van der Waals surface area contributed by atoms with Crippen LogP contribution in [0.25, 0.3) is 11.1 Å². The van der Waals surface area contributed by atoms with Gasteiger partial charge in [-0.3, -0.25) is 9.59 Å². The van der Waals surface area contributed by atoms with Crippen molar-refractivity contribution in [3.05, 3.63) is 125 Å². The van der Waals surface area contributed by atoms with E-state index in [-0.39, 0.29) is 38.2 Å². The average Bonchev–Trinajstić information content (AvgIpc) is 3.25. The molecule has 1 atom stereocenters. The molecule has 5 amide bonds. The first-order valence-electron chi connectivity index (χ1n) is 16.6. The first-order valence-corrected chi connectivity index (χ1v) is 16.6. The van der Waals surface area contributed by atoms with E-state index in [1.807, 2.05) is 103 Å². The van der Waals surface area contributed by atoms with Crippen molar-refractivity contribution in [1.29, 1.82) is 0 Å². The number of amides is 5. The second kappa shape index (κ2) is 16.6. The number of urea groups is 1. The van der Waals surface area contributed by atoms with Crippen molar-refractivity contribution >= 4 is 29.6 Å². The summed E-state index contributed by atoms with van der Waals surface area (Å²) < 4.78 is 5.32. The molecule has 0 saturated carbocycles. The molecule has 0 fully saturated rings. The molecular weight excluding hydrogens is 634 g/mol. The predicted octanol–water partition coefficient (Wildman–Crippen LogP) is 4.81. The Morgan fingerprint density at radius 3 is 2.32 bits per heavy atom. The van der Waals surface area contributed by atoms with Gasteiger partial charge in [-0.15, -0.1) is 0 Å². The van der Waals surface area contributed by atoms with Gasteiger partial charge in [0.05, 0.1) is 13.2 Å². The first-order chi connectivity index (χ1) is 24.1. The van der Waals surface area contributed by atoms with Crippen LogP contribution >= 0.6 is 0 Å². The van der Waals surface area contributed by atoms with E-state index < -0.39 is 23.6 Å². The summed E-state index contributed by atoms with van der Waals surface area (Å²) in [5.74, 6) is -0.743. The molecule has 0 aliphatic carbocycles. The van der Waals surface area contributed by atoms with Crippen LogP contribution in [-0.4, -0.2) is 53.8 Å². The van der Waals surface area contributed by atoms with Crippen LogP contribution in [0.3, 0.4) is 0 Å². The molecule has 0 unspecified atom stereocenters. The third-order valence-corrected chi connectivity index (χ3v) is 8.51. The number of ether oxygens (including phenoxy) is 1. The quantitative estimate of drug-likeness (QED) is 0.145. The van der Waals surface area contributed by atoms with E-state index in [1.54, 1.807) is 18.7 Å². The largest absolute Gasteiger partial charge is 0.445 e. The van der Waals surface area contributed by atoms with Gasteiger partial charge < -0.3 is 36.0 Å². The number of anilines is 1. The average molecular weight is 678 g/mol. The molecule has 50 heavy (non-hydrogen) atoms. The number of fused-ring (bicyclic) bond motifs is 1. The second-order valence-corrected chi connectivity index (χ2v) is 12.6. The van der Waals surface area contributed by atoms with Gasteiger partial charge in [-0.1, -0.05) is 97.1 Å². The number of nitrogens with zero attached hydrogens (tertiary/aromatic N) is 1. The van der Waals surface area contributed by atoms with Gasteiger partial charge in [0, 0.05) is 18.8 Å². The third kappa shape index (κ3) is 9.26.